The van der Waals surface area contributed by atoms with E-state index in [4.69, 9.17) is 11.6 Å². The van der Waals surface area contributed by atoms with Crippen LogP contribution in [0.2, 0.25) is 5.02 Å². The number of benzene rings is 1. The molecule has 0 atom stereocenters. The number of nitrogens with one attached hydrogen (secondary N) is 2. The fourth-order valence-corrected chi connectivity index (χ4v) is 3.65. The molecule has 1 aromatic carbocycles. The Balaban J connectivity index is 2.00. The van der Waals surface area contributed by atoms with Gasteiger partial charge in [-0.15, -0.1) is 11.3 Å². The first kappa shape index (κ1) is 20.4. The largest absolute Gasteiger partial charge is 0.351 e. The molecule has 0 aliphatic rings. The zero-order valence-electron chi connectivity index (χ0n) is 15.0. The molecule has 0 saturated carbocycles. The number of anilines is 1. The van der Waals surface area contributed by atoms with Gasteiger partial charge < -0.3 is 10.6 Å². The zero-order chi connectivity index (χ0) is 19.3. The summed E-state index contributed by atoms with van der Waals surface area (Å²) >= 11 is 7.11. The summed E-state index contributed by atoms with van der Waals surface area (Å²) in [7, 11) is 0. The maximum absolute atomic E-state index is 13.1. The number of thiophene rings is 1. The highest BCUT2D eigenvalue weighted by Gasteiger charge is 2.17. The SMILES string of the molecule is Cc1cc(NC(=O)c2ccc(F)cc2Cl)sc1C(=O)NCCCC(C)C. The molecule has 1 aromatic heterocycles. The molecule has 0 saturated heterocycles. The van der Waals surface area contributed by atoms with Gasteiger partial charge in [0.15, 0.2) is 0 Å². The van der Waals surface area contributed by atoms with Gasteiger partial charge in [-0.25, -0.2) is 4.39 Å². The summed E-state index contributed by atoms with van der Waals surface area (Å²) < 4.78 is 13.1. The third kappa shape index (κ3) is 5.54. The topological polar surface area (TPSA) is 58.2 Å². The summed E-state index contributed by atoms with van der Waals surface area (Å²) in [4.78, 5) is 25.2. The Morgan fingerprint density at radius 3 is 2.62 bits per heavy atom. The number of amides is 2. The Morgan fingerprint density at radius 1 is 1.23 bits per heavy atom. The number of halogens is 2. The van der Waals surface area contributed by atoms with Crippen LogP contribution in [-0.4, -0.2) is 18.4 Å². The van der Waals surface area contributed by atoms with Crippen molar-refractivity contribution in [3.8, 4) is 0 Å². The standard InChI is InChI=1S/C19H22ClFN2O2S/c1-11(2)5-4-8-22-19(25)17-12(3)9-16(26-17)23-18(24)14-7-6-13(21)10-15(14)20/h6-7,9-11H,4-5,8H2,1-3H3,(H,22,25)(H,23,24). The van der Waals surface area contributed by atoms with Gasteiger partial charge in [0.05, 0.1) is 20.5 Å². The molecule has 0 spiro atoms. The highest BCUT2D eigenvalue weighted by Crippen LogP contribution is 2.28. The summed E-state index contributed by atoms with van der Waals surface area (Å²) in [6.45, 7) is 6.74. The second kappa shape index (κ2) is 9.14. The highest BCUT2D eigenvalue weighted by molar-refractivity contribution is 7.18. The van der Waals surface area contributed by atoms with Crippen LogP contribution in [-0.2, 0) is 0 Å². The van der Waals surface area contributed by atoms with Crippen molar-refractivity contribution in [2.45, 2.75) is 33.6 Å². The quantitative estimate of drug-likeness (QED) is 0.626. The molecular formula is C19H22ClFN2O2S. The Hall–Kier alpha value is -1.92. The second-order valence-corrected chi connectivity index (χ2v) is 7.95. The Labute approximate surface area is 161 Å². The zero-order valence-corrected chi connectivity index (χ0v) is 16.6. The molecule has 0 unspecified atom stereocenters. The fourth-order valence-electron chi connectivity index (χ4n) is 2.41. The molecule has 2 aromatic rings. The van der Waals surface area contributed by atoms with Crippen LogP contribution in [0, 0.1) is 18.7 Å². The summed E-state index contributed by atoms with van der Waals surface area (Å²) in [5.41, 5.74) is 0.968. The lowest BCUT2D eigenvalue weighted by Gasteiger charge is -2.06. The number of aryl methyl sites for hydroxylation is 1. The average Bonchev–Trinajstić information content (AvgIpc) is 2.91. The first-order valence-electron chi connectivity index (χ1n) is 8.43. The normalized spacial score (nSPS) is 10.8. The van der Waals surface area contributed by atoms with Gasteiger partial charge in [-0.05, 0) is 55.5 Å². The fraction of sp³-hybridized carbons (Fsp3) is 0.368. The van der Waals surface area contributed by atoms with Crippen molar-refractivity contribution in [1.82, 2.24) is 5.32 Å². The average molecular weight is 397 g/mol. The van der Waals surface area contributed by atoms with Gasteiger partial charge in [0, 0.05) is 6.54 Å². The molecule has 1 heterocycles. The van der Waals surface area contributed by atoms with Gasteiger partial charge >= 0.3 is 0 Å². The molecule has 7 heteroatoms. The van der Waals surface area contributed by atoms with Crippen LogP contribution in [0.15, 0.2) is 24.3 Å². The van der Waals surface area contributed by atoms with E-state index in [1.807, 2.05) is 6.92 Å². The van der Waals surface area contributed by atoms with Crippen molar-refractivity contribution in [2.75, 3.05) is 11.9 Å². The summed E-state index contributed by atoms with van der Waals surface area (Å²) in [5, 5.41) is 6.20. The lowest BCUT2D eigenvalue weighted by atomic mass is 10.1. The maximum atomic E-state index is 13.1. The van der Waals surface area contributed by atoms with Crippen LogP contribution in [0.3, 0.4) is 0 Å². The third-order valence-electron chi connectivity index (χ3n) is 3.78. The molecule has 0 fully saturated rings. The van der Waals surface area contributed by atoms with Crippen LogP contribution in [0.25, 0.3) is 0 Å². The van der Waals surface area contributed by atoms with E-state index in [9.17, 15) is 14.0 Å². The molecule has 0 aliphatic carbocycles. The molecular weight excluding hydrogens is 375 g/mol. The van der Waals surface area contributed by atoms with E-state index in [2.05, 4.69) is 24.5 Å². The van der Waals surface area contributed by atoms with Crippen molar-refractivity contribution >= 4 is 39.8 Å². The second-order valence-electron chi connectivity index (χ2n) is 6.49. The first-order chi connectivity index (χ1) is 12.3. The predicted molar refractivity (Wildman–Crippen MR) is 105 cm³/mol. The maximum Gasteiger partial charge on any atom is 0.261 e. The Bertz CT molecular complexity index is 805. The van der Waals surface area contributed by atoms with Crippen LogP contribution in [0.5, 0.6) is 0 Å². The number of hydrogen-bond acceptors (Lipinski definition) is 3. The molecule has 0 aliphatic heterocycles. The van der Waals surface area contributed by atoms with Gasteiger partial charge in [0.25, 0.3) is 11.8 Å². The van der Waals surface area contributed by atoms with E-state index in [0.29, 0.717) is 22.3 Å². The van der Waals surface area contributed by atoms with E-state index in [0.717, 1.165) is 24.5 Å². The monoisotopic (exact) mass is 396 g/mol. The van der Waals surface area contributed by atoms with Crippen LogP contribution < -0.4 is 10.6 Å². The lowest BCUT2D eigenvalue weighted by Crippen LogP contribution is -2.24. The lowest BCUT2D eigenvalue weighted by molar-refractivity contribution is 0.0955. The van der Waals surface area contributed by atoms with Crippen molar-refractivity contribution in [3.63, 3.8) is 0 Å². The van der Waals surface area contributed by atoms with Crippen molar-refractivity contribution < 1.29 is 14.0 Å². The first-order valence-corrected chi connectivity index (χ1v) is 9.62. The minimum Gasteiger partial charge on any atom is -0.351 e. The van der Waals surface area contributed by atoms with Gasteiger partial charge in [-0.3, -0.25) is 9.59 Å². The van der Waals surface area contributed by atoms with Crippen LogP contribution >= 0.6 is 22.9 Å². The smallest absolute Gasteiger partial charge is 0.261 e. The number of hydrogen-bond donors (Lipinski definition) is 2. The highest BCUT2D eigenvalue weighted by atomic mass is 35.5. The van der Waals surface area contributed by atoms with Gasteiger partial charge in [-0.1, -0.05) is 25.4 Å². The van der Waals surface area contributed by atoms with E-state index >= 15 is 0 Å². The molecule has 0 bridgehead atoms. The predicted octanol–water partition coefficient (Wildman–Crippen LogP) is 5.27. The van der Waals surface area contributed by atoms with Gasteiger partial charge in [0.1, 0.15) is 5.82 Å². The molecule has 26 heavy (non-hydrogen) atoms. The van der Waals surface area contributed by atoms with Gasteiger partial charge in [0.2, 0.25) is 0 Å². The van der Waals surface area contributed by atoms with Crippen molar-refractivity contribution in [3.05, 3.63) is 51.1 Å². The molecule has 4 nitrogen and oxygen atoms in total. The molecule has 2 amide bonds. The molecule has 2 N–H and O–H groups in total. The van der Waals surface area contributed by atoms with E-state index in [1.165, 1.54) is 23.5 Å². The van der Waals surface area contributed by atoms with E-state index in [1.54, 1.807) is 6.07 Å². The Morgan fingerprint density at radius 2 is 1.96 bits per heavy atom. The summed E-state index contributed by atoms with van der Waals surface area (Å²) in [5.74, 6) is -0.484. The van der Waals surface area contributed by atoms with Crippen LogP contribution in [0.4, 0.5) is 9.39 Å². The minimum atomic E-state index is -0.505. The van der Waals surface area contributed by atoms with Crippen molar-refractivity contribution in [2.24, 2.45) is 5.92 Å². The van der Waals surface area contributed by atoms with Crippen LogP contribution in [0.1, 0.15) is 52.3 Å². The summed E-state index contributed by atoms with van der Waals surface area (Å²) in [6.07, 6.45) is 1.99. The molecule has 0 radical (unpaired) electrons. The number of carbonyl (C=O) groups excluding carboxylic acids is 2. The van der Waals surface area contributed by atoms with E-state index in [-0.39, 0.29) is 16.5 Å². The molecule has 2 rings (SSSR count). The van der Waals surface area contributed by atoms with E-state index < -0.39 is 11.7 Å². The van der Waals surface area contributed by atoms with Crippen molar-refractivity contribution in [1.29, 1.82) is 0 Å². The number of rotatable bonds is 7. The summed E-state index contributed by atoms with van der Waals surface area (Å²) in [6, 6.07) is 5.33. The third-order valence-corrected chi connectivity index (χ3v) is 5.24. The number of carbonyl (C=O) groups is 2. The Kier molecular flexibility index (Phi) is 7.17. The van der Waals surface area contributed by atoms with Gasteiger partial charge in [-0.2, -0.15) is 0 Å². The molecule has 140 valence electrons. The minimum absolute atomic E-state index is 0.0406.